The number of nitrogens with zero attached hydrogens (tertiary/aromatic N) is 2. The van der Waals surface area contributed by atoms with Gasteiger partial charge in [0, 0.05) is 22.8 Å². The Labute approximate surface area is 138 Å². The van der Waals surface area contributed by atoms with E-state index in [4.69, 9.17) is 0 Å². The van der Waals surface area contributed by atoms with Crippen molar-refractivity contribution < 1.29 is 4.79 Å². The van der Waals surface area contributed by atoms with Crippen molar-refractivity contribution in [1.29, 1.82) is 0 Å². The Morgan fingerprint density at radius 1 is 1.00 bits per heavy atom. The molecule has 0 spiro atoms. The molecule has 0 aliphatic heterocycles. The van der Waals surface area contributed by atoms with E-state index in [-0.39, 0.29) is 5.91 Å². The topological polar surface area (TPSA) is 66.9 Å². The van der Waals surface area contributed by atoms with E-state index in [1.165, 1.54) is 11.3 Å². The Hall–Kier alpha value is -2.73. The quantitative estimate of drug-likeness (QED) is 0.756. The first-order chi connectivity index (χ1) is 11.1. The molecular formula is C17H16N4OS. The van der Waals surface area contributed by atoms with Crippen molar-refractivity contribution in [3.63, 3.8) is 0 Å². The lowest BCUT2D eigenvalue weighted by molar-refractivity contribution is 0.103. The maximum atomic E-state index is 12.0. The van der Waals surface area contributed by atoms with Gasteiger partial charge in [0.1, 0.15) is 0 Å². The molecule has 0 radical (unpaired) electrons. The second-order valence-electron chi connectivity index (χ2n) is 5.11. The third kappa shape index (κ3) is 3.92. The number of carbonyl (C=O) groups excluding carboxylic acids is 1. The number of nitrogens with one attached hydrogen (secondary N) is 2. The molecule has 3 rings (SSSR count). The van der Waals surface area contributed by atoms with Gasteiger partial charge in [-0.3, -0.25) is 4.79 Å². The molecule has 1 amide bonds. The lowest BCUT2D eigenvalue weighted by Gasteiger charge is -2.08. The molecule has 0 saturated heterocycles. The van der Waals surface area contributed by atoms with E-state index in [9.17, 15) is 4.79 Å². The van der Waals surface area contributed by atoms with Crippen LogP contribution in [-0.2, 0) is 0 Å². The van der Waals surface area contributed by atoms with Crippen molar-refractivity contribution >= 4 is 34.6 Å². The first-order valence-corrected chi connectivity index (χ1v) is 8.02. The molecule has 2 heterocycles. The molecule has 0 fully saturated rings. The summed E-state index contributed by atoms with van der Waals surface area (Å²) in [4.78, 5) is 21.4. The summed E-state index contributed by atoms with van der Waals surface area (Å²) in [5.74, 6) is 0.469. The second kappa shape index (κ2) is 6.58. The van der Waals surface area contributed by atoms with Crippen molar-refractivity contribution in [1.82, 2.24) is 9.97 Å². The zero-order valence-electron chi connectivity index (χ0n) is 12.8. The van der Waals surface area contributed by atoms with Crippen molar-refractivity contribution in [3.8, 4) is 0 Å². The van der Waals surface area contributed by atoms with Gasteiger partial charge in [-0.25, -0.2) is 9.97 Å². The van der Waals surface area contributed by atoms with Gasteiger partial charge in [0.05, 0.1) is 4.88 Å². The average molecular weight is 324 g/mol. The predicted molar refractivity (Wildman–Crippen MR) is 93.5 cm³/mol. The number of hydrogen-bond donors (Lipinski definition) is 2. The third-order valence-corrected chi connectivity index (χ3v) is 3.99. The van der Waals surface area contributed by atoms with Crippen molar-refractivity contribution in [2.75, 3.05) is 10.6 Å². The molecule has 0 atom stereocenters. The number of anilines is 3. The molecule has 0 aliphatic carbocycles. The van der Waals surface area contributed by atoms with Gasteiger partial charge >= 0.3 is 0 Å². The summed E-state index contributed by atoms with van der Waals surface area (Å²) in [6, 6.07) is 13.0. The smallest absolute Gasteiger partial charge is 0.265 e. The van der Waals surface area contributed by atoms with Gasteiger partial charge in [0.25, 0.3) is 5.91 Å². The van der Waals surface area contributed by atoms with Crippen LogP contribution in [0.5, 0.6) is 0 Å². The molecular weight excluding hydrogens is 308 g/mol. The molecule has 0 aliphatic rings. The van der Waals surface area contributed by atoms with Crippen LogP contribution in [0, 0.1) is 13.8 Å². The normalized spacial score (nSPS) is 10.3. The minimum atomic E-state index is -0.0987. The molecule has 2 aromatic heterocycles. The van der Waals surface area contributed by atoms with Crippen molar-refractivity contribution in [3.05, 3.63) is 64.1 Å². The van der Waals surface area contributed by atoms with Crippen molar-refractivity contribution in [2.45, 2.75) is 13.8 Å². The standard InChI is InChI=1S/C17H16N4OS/c1-11-10-12(2)19-17(18-11)21-14-7-5-13(6-8-14)20-16(22)15-4-3-9-23-15/h3-10H,1-2H3,(H,20,22)(H,18,19,21). The van der Waals surface area contributed by atoms with Gasteiger partial charge in [-0.1, -0.05) is 6.07 Å². The number of aryl methyl sites for hydroxylation is 2. The molecule has 1 aromatic carbocycles. The van der Waals surface area contributed by atoms with Crippen LogP contribution in [0.2, 0.25) is 0 Å². The molecule has 0 bridgehead atoms. The number of thiophene rings is 1. The van der Waals surface area contributed by atoms with E-state index >= 15 is 0 Å². The molecule has 5 nitrogen and oxygen atoms in total. The van der Waals surface area contributed by atoms with Crippen LogP contribution in [0.1, 0.15) is 21.1 Å². The van der Waals surface area contributed by atoms with E-state index < -0.39 is 0 Å². The Kier molecular flexibility index (Phi) is 4.34. The summed E-state index contributed by atoms with van der Waals surface area (Å²) in [6.07, 6.45) is 0. The fourth-order valence-corrected chi connectivity index (χ4v) is 2.77. The predicted octanol–water partition coefficient (Wildman–Crippen LogP) is 4.15. The minimum Gasteiger partial charge on any atom is -0.324 e. The summed E-state index contributed by atoms with van der Waals surface area (Å²) in [6.45, 7) is 3.87. The Bertz CT molecular complexity index is 793. The van der Waals surface area contributed by atoms with Crippen LogP contribution in [0.25, 0.3) is 0 Å². The van der Waals surface area contributed by atoms with Gasteiger partial charge in [-0.05, 0) is 55.6 Å². The highest BCUT2D eigenvalue weighted by atomic mass is 32.1. The molecule has 0 unspecified atom stereocenters. The molecule has 6 heteroatoms. The van der Waals surface area contributed by atoms with Gasteiger partial charge < -0.3 is 10.6 Å². The lowest BCUT2D eigenvalue weighted by Crippen LogP contribution is -2.09. The fourth-order valence-electron chi connectivity index (χ4n) is 2.15. The van der Waals surface area contributed by atoms with Crippen LogP contribution in [-0.4, -0.2) is 15.9 Å². The average Bonchev–Trinajstić information content (AvgIpc) is 3.02. The maximum Gasteiger partial charge on any atom is 0.265 e. The fraction of sp³-hybridized carbons (Fsp3) is 0.118. The molecule has 2 N–H and O–H groups in total. The monoisotopic (exact) mass is 324 g/mol. The van der Waals surface area contributed by atoms with Gasteiger partial charge in [0.2, 0.25) is 5.95 Å². The van der Waals surface area contributed by atoms with E-state index in [0.717, 1.165) is 22.8 Å². The van der Waals surface area contributed by atoms with Gasteiger partial charge in [-0.15, -0.1) is 11.3 Å². The molecule has 3 aromatic rings. The molecule has 0 saturated carbocycles. The van der Waals surface area contributed by atoms with Crippen molar-refractivity contribution in [2.24, 2.45) is 0 Å². The zero-order valence-corrected chi connectivity index (χ0v) is 13.6. The third-order valence-electron chi connectivity index (χ3n) is 3.13. The Morgan fingerprint density at radius 2 is 1.65 bits per heavy atom. The Balaban J connectivity index is 1.68. The lowest BCUT2D eigenvalue weighted by atomic mass is 10.2. The largest absolute Gasteiger partial charge is 0.324 e. The zero-order chi connectivity index (χ0) is 16.2. The number of hydrogen-bond acceptors (Lipinski definition) is 5. The van der Waals surface area contributed by atoms with Crippen LogP contribution in [0.4, 0.5) is 17.3 Å². The number of amides is 1. The highest BCUT2D eigenvalue weighted by Gasteiger charge is 2.07. The van der Waals surface area contributed by atoms with E-state index in [0.29, 0.717) is 10.8 Å². The molecule has 23 heavy (non-hydrogen) atoms. The number of rotatable bonds is 4. The van der Waals surface area contributed by atoms with E-state index in [1.54, 1.807) is 6.07 Å². The van der Waals surface area contributed by atoms with Crippen LogP contribution in [0.15, 0.2) is 47.8 Å². The maximum absolute atomic E-state index is 12.0. The summed E-state index contributed by atoms with van der Waals surface area (Å²) in [5.41, 5.74) is 3.44. The number of aromatic nitrogens is 2. The highest BCUT2D eigenvalue weighted by Crippen LogP contribution is 2.18. The van der Waals surface area contributed by atoms with Gasteiger partial charge in [0.15, 0.2) is 0 Å². The summed E-state index contributed by atoms with van der Waals surface area (Å²) in [5, 5.41) is 7.91. The summed E-state index contributed by atoms with van der Waals surface area (Å²) >= 11 is 1.42. The van der Waals surface area contributed by atoms with Crippen LogP contribution < -0.4 is 10.6 Å². The first kappa shape index (κ1) is 15.2. The van der Waals surface area contributed by atoms with Crippen LogP contribution >= 0.6 is 11.3 Å². The second-order valence-corrected chi connectivity index (χ2v) is 6.06. The summed E-state index contributed by atoms with van der Waals surface area (Å²) < 4.78 is 0. The molecule has 116 valence electrons. The van der Waals surface area contributed by atoms with Gasteiger partial charge in [-0.2, -0.15) is 0 Å². The SMILES string of the molecule is Cc1cc(C)nc(Nc2ccc(NC(=O)c3cccs3)cc2)n1. The Morgan fingerprint density at radius 3 is 2.26 bits per heavy atom. The number of benzene rings is 1. The van der Waals surface area contributed by atoms with E-state index in [2.05, 4.69) is 20.6 Å². The highest BCUT2D eigenvalue weighted by molar-refractivity contribution is 7.12. The van der Waals surface area contributed by atoms with Crippen LogP contribution in [0.3, 0.4) is 0 Å². The number of carbonyl (C=O) groups is 1. The van der Waals surface area contributed by atoms with E-state index in [1.807, 2.05) is 55.6 Å². The first-order valence-electron chi connectivity index (χ1n) is 7.14. The summed E-state index contributed by atoms with van der Waals surface area (Å²) in [7, 11) is 0. The minimum absolute atomic E-state index is 0.0987.